The highest BCUT2D eigenvalue weighted by molar-refractivity contribution is 6.31. The minimum Gasteiger partial charge on any atom is -0.341 e. The lowest BCUT2D eigenvalue weighted by atomic mass is 10.1. The van der Waals surface area contributed by atoms with Gasteiger partial charge < -0.3 is 21.3 Å². The lowest BCUT2D eigenvalue weighted by Gasteiger charge is -2.29. The molecule has 0 aliphatic carbocycles. The van der Waals surface area contributed by atoms with Crippen LogP contribution >= 0.6 is 11.6 Å². The van der Waals surface area contributed by atoms with Gasteiger partial charge in [0.15, 0.2) is 0 Å². The van der Waals surface area contributed by atoms with E-state index in [1.54, 1.807) is 38.2 Å². The van der Waals surface area contributed by atoms with Crippen molar-refractivity contribution in [1.82, 2.24) is 5.32 Å². The summed E-state index contributed by atoms with van der Waals surface area (Å²) < 4.78 is 39.8. The van der Waals surface area contributed by atoms with Crippen LogP contribution in [0.5, 0.6) is 0 Å². The molecule has 2 amide bonds. The van der Waals surface area contributed by atoms with E-state index in [1.165, 1.54) is 24.3 Å². The predicted octanol–water partition coefficient (Wildman–Crippen LogP) is 5.27. The molecule has 1 unspecified atom stereocenters. The Morgan fingerprint density at radius 1 is 0.943 bits per heavy atom. The maximum Gasteiger partial charge on any atom is 0.417 e. The fourth-order valence-corrected chi connectivity index (χ4v) is 3.88. The fourth-order valence-electron chi connectivity index (χ4n) is 3.71. The molecule has 0 aromatic heterocycles. The topological polar surface area (TPSA) is 94.3 Å². The summed E-state index contributed by atoms with van der Waals surface area (Å²) in [7, 11) is 1.58. The highest BCUT2D eigenvalue weighted by atomic mass is 35.5. The number of anilines is 4. The van der Waals surface area contributed by atoms with Gasteiger partial charge in [0.2, 0.25) is 5.79 Å². The second-order valence-electron chi connectivity index (χ2n) is 7.87. The van der Waals surface area contributed by atoms with Crippen molar-refractivity contribution in [3.8, 4) is 0 Å². The summed E-state index contributed by atoms with van der Waals surface area (Å²) in [6.45, 7) is 1.78. The molecule has 0 spiro atoms. The molecule has 1 aliphatic rings. The summed E-state index contributed by atoms with van der Waals surface area (Å²) in [4.78, 5) is 25.8. The quantitative estimate of drug-likeness (QED) is 0.327. The molecule has 1 aliphatic heterocycles. The molecule has 3 aromatic rings. The van der Waals surface area contributed by atoms with Crippen molar-refractivity contribution in [3.05, 3.63) is 82.4 Å². The van der Waals surface area contributed by atoms with Crippen molar-refractivity contribution in [3.63, 3.8) is 0 Å². The Morgan fingerprint density at radius 2 is 1.66 bits per heavy atom. The maximum atomic E-state index is 13.3. The zero-order valence-electron chi connectivity index (χ0n) is 18.6. The van der Waals surface area contributed by atoms with Crippen LogP contribution in [0.25, 0.3) is 0 Å². The van der Waals surface area contributed by atoms with Crippen molar-refractivity contribution in [2.45, 2.75) is 18.9 Å². The van der Waals surface area contributed by atoms with Crippen LogP contribution < -0.4 is 26.6 Å². The van der Waals surface area contributed by atoms with Gasteiger partial charge in [-0.05, 0) is 62.0 Å². The van der Waals surface area contributed by atoms with Gasteiger partial charge in [0.05, 0.1) is 22.5 Å². The van der Waals surface area contributed by atoms with E-state index in [1.807, 2.05) is 0 Å². The van der Waals surface area contributed by atoms with Crippen molar-refractivity contribution in [1.29, 1.82) is 0 Å². The van der Waals surface area contributed by atoms with Crippen LogP contribution in [-0.4, -0.2) is 24.6 Å². The zero-order chi connectivity index (χ0) is 25.4. The van der Waals surface area contributed by atoms with E-state index in [4.69, 9.17) is 11.6 Å². The van der Waals surface area contributed by atoms with Gasteiger partial charge in [0.25, 0.3) is 11.8 Å². The minimum atomic E-state index is -4.67. The molecule has 0 fully saturated rings. The first kappa shape index (κ1) is 24.4. The van der Waals surface area contributed by atoms with E-state index in [0.29, 0.717) is 27.6 Å². The predicted molar refractivity (Wildman–Crippen MR) is 130 cm³/mol. The molecule has 0 radical (unpaired) electrons. The largest absolute Gasteiger partial charge is 0.417 e. The number of benzene rings is 3. The summed E-state index contributed by atoms with van der Waals surface area (Å²) in [5, 5.41) is 14.8. The van der Waals surface area contributed by atoms with Crippen molar-refractivity contribution < 1.29 is 22.8 Å². The number of hydrogen-bond donors (Lipinski definition) is 5. The Kier molecular flexibility index (Phi) is 6.35. The Labute approximate surface area is 204 Å². The molecule has 11 heteroatoms. The number of hydrogen-bond acceptors (Lipinski definition) is 5. The van der Waals surface area contributed by atoms with Crippen molar-refractivity contribution in [2.75, 3.05) is 28.3 Å². The molecule has 1 heterocycles. The monoisotopic (exact) mass is 503 g/mol. The van der Waals surface area contributed by atoms with E-state index in [9.17, 15) is 22.8 Å². The van der Waals surface area contributed by atoms with Gasteiger partial charge in [0, 0.05) is 16.4 Å². The minimum absolute atomic E-state index is 0.248. The van der Waals surface area contributed by atoms with Crippen molar-refractivity contribution in [2.24, 2.45) is 0 Å². The Bertz CT molecular complexity index is 1310. The number of carbonyl (C=O) groups excluding carboxylic acids is 2. The number of nitrogens with one attached hydrogen (secondary N) is 5. The Balaban J connectivity index is 1.54. The first-order valence-electron chi connectivity index (χ1n) is 10.5. The normalized spacial score (nSPS) is 16.6. The summed E-state index contributed by atoms with van der Waals surface area (Å²) in [6.07, 6.45) is -4.67. The summed E-state index contributed by atoms with van der Waals surface area (Å²) in [5.41, 5.74) is 0.970. The molecule has 0 saturated carbocycles. The first-order valence-corrected chi connectivity index (χ1v) is 10.9. The summed E-state index contributed by atoms with van der Waals surface area (Å²) in [6, 6.07) is 14.3. The highest BCUT2D eigenvalue weighted by Gasteiger charge is 2.43. The number of amides is 2. The standard InChI is InChI=1S/C24H21ClF3N5O2/c1-13-17(25)8-5-9-18(13)31-22(35)24(29-2)32-19-11-10-14(12-20(19)33-24)30-21(34)15-6-3-4-7-16(15)23(26,27)28/h3-12,29,32-33H,1-2H3,(H,30,34)(H,31,35). The second-order valence-corrected chi connectivity index (χ2v) is 8.28. The number of carbonyl (C=O) groups is 2. The highest BCUT2D eigenvalue weighted by Crippen LogP contribution is 2.37. The Hall–Kier alpha value is -3.76. The lowest BCUT2D eigenvalue weighted by Crippen LogP contribution is -2.62. The van der Waals surface area contributed by atoms with Gasteiger partial charge in [0.1, 0.15) is 0 Å². The molecular weight excluding hydrogens is 483 g/mol. The van der Waals surface area contributed by atoms with Gasteiger partial charge in [-0.15, -0.1) is 0 Å². The number of halogens is 4. The summed E-state index contributed by atoms with van der Waals surface area (Å²) in [5.74, 6) is -2.79. The molecule has 4 rings (SSSR count). The SMILES string of the molecule is CNC1(C(=O)Nc2cccc(Cl)c2C)Nc2ccc(NC(=O)c3ccccc3C(F)(F)F)cc2N1. The third-order valence-corrected chi connectivity index (χ3v) is 6.04. The smallest absolute Gasteiger partial charge is 0.341 e. The van der Waals surface area contributed by atoms with Gasteiger partial charge >= 0.3 is 6.18 Å². The average Bonchev–Trinajstić information content (AvgIpc) is 3.21. The van der Waals surface area contributed by atoms with Gasteiger partial charge in [-0.3, -0.25) is 14.9 Å². The maximum absolute atomic E-state index is 13.3. The molecule has 3 aromatic carbocycles. The summed E-state index contributed by atoms with van der Waals surface area (Å²) >= 11 is 6.14. The number of alkyl halides is 3. The van der Waals surface area contributed by atoms with Crippen LogP contribution in [-0.2, 0) is 11.0 Å². The number of rotatable bonds is 5. The van der Waals surface area contributed by atoms with E-state index in [-0.39, 0.29) is 5.69 Å². The first-order chi connectivity index (χ1) is 16.5. The number of fused-ring (bicyclic) bond motifs is 1. The van der Waals surface area contributed by atoms with Crippen LogP contribution in [0, 0.1) is 6.92 Å². The lowest BCUT2D eigenvalue weighted by molar-refractivity contribution is -0.137. The fraction of sp³-hybridized carbons (Fsp3) is 0.167. The van der Waals surface area contributed by atoms with Crippen LogP contribution in [0.1, 0.15) is 21.5 Å². The molecule has 7 nitrogen and oxygen atoms in total. The second kappa shape index (κ2) is 9.12. The van der Waals surface area contributed by atoms with Gasteiger partial charge in [-0.2, -0.15) is 13.2 Å². The van der Waals surface area contributed by atoms with Crippen LogP contribution in [0.3, 0.4) is 0 Å². The molecular formula is C24H21ClF3N5O2. The molecule has 35 heavy (non-hydrogen) atoms. The third kappa shape index (κ3) is 4.75. The van der Waals surface area contributed by atoms with Gasteiger partial charge in [-0.1, -0.05) is 29.8 Å². The average molecular weight is 504 g/mol. The zero-order valence-corrected chi connectivity index (χ0v) is 19.4. The van der Waals surface area contributed by atoms with Crippen LogP contribution in [0.4, 0.5) is 35.9 Å². The van der Waals surface area contributed by atoms with Crippen LogP contribution in [0.15, 0.2) is 60.7 Å². The molecule has 1 atom stereocenters. The molecule has 5 N–H and O–H groups in total. The molecule has 0 saturated heterocycles. The van der Waals surface area contributed by atoms with E-state index in [0.717, 1.165) is 12.1 Å². The van der Waals surface area contributed by atoms with Crippen molar-refractivity contribution >= 4 is 46.2 Å². The van der Waals surface area contributed by atoms with Gasteiger partial charge in [-0.25, -0.2) is 0 Å². The van der Waals surface area contributed by atoms with E-state index in [2.05, 4.69) is 26.6 Å². The number of likely N-dealkylation sites (N-methyl/N-ethyl adjacent to an activating group) is 1. The van der Waals surface area contributed by atoms with E-state index >= 15 is 0 Å². The molecule has 0 bridgehead atoms. The molecule has 182 valence electrons. The Morgan fingerprint density at radius 3 is 2.37 bits per heavy atom. The third-order valence-electron chi connectivity index (χ3n) is 5.63. The van der Waals surface area contributed by atoms with Crippen LogP contribution in [0.2, 0.25) is 5.02 Å². The van der Waals surface area contributed by atoms with E-state index < -0.39 is 34.9 Å².